The van der Waals surface area contributed by atoms with Gasteiger partial charge in [-0.15, -0.1) is 0 Å². The van der Waals surface area contributed by atoms with Gasteiger partial charge in [-0.3, -0.25) is 0 Å². The van der Waals surface area contributed by atoms with Crippen molar-refractivity contribution in [2.75, 3.05) is 4.90 Å². The van der Waals surface area contributed by atoms with Crippen molar-refractivity contribution in [3.05, 3.63) is 212 Å². The zero-order valence-electron chi connectivity index (χ0n) is 31.0. The average Bonchev–Trinajstić information content (AvgIpc) is 3.88. The summed E-state index contributed by atoms with van der Waals surface area (Å²) in [4.78, 5) is 7.28. The average molecular weight is 730 g/mol. The lowest BCUT2D eigenvalue weighted by atomic mass is 9.97. The Balaban J connectivity index is 1.09. The summed E-state index contributed by atoms with van der Waals surface area (Å²) in [5.41, 5.74) is 13.9. The molecule has 0 N–H and O–H groups in total. The van der Waals surface area contributed by atoms with Gasteiger partial charge in [0.25, 0.3) is 0 Å². The van der Waals surface area contributed by atoms with Crippen molar-refractivity contribution in [1.82, 2.24) is 9.55 Å². The maximum Gasteiger partial charge on any atom is 0.227 e. The SMILES string of the molecule is c1ccc(-c2nc3ccc4cccc(-c5ccc(N(c6ccc7c(c6)c6ccccc6n7-c6ccccc6)c6ccccc6-c6ccccc6)cc5)c4c3o2)cc1. The van der Waals surface area contributed by atoms with Gasteiger partial charge in [-0.25, -0.2) is 4.98 Å². The highest BCUT2D eigenvalue weighted by molar-refractivity contribution is 6.12. The van der Waals surface area contributed by atoms with Crippen molar-refractivity contribution in [2.45, 2.75) is 0 Å². The Kier molecular flexibility index (Phi) is 7.78. The van der Waals surface area contributed by atoms with Gasteiger partial charge in [-0.05, 0) is 94.9 Å². The van der Waals surface area contributed by atoms with Crippen LogP contribution in [0.1, 0.15) is 0 Å². The fourth-order valence-electron chi connectivity index (χ4n) is 8.40. The van der Waals surface area contributed by atoms with E-state index in [1.54, 1.807) is 0 Å². The van der Waals surface area contributed by atoms with Crippen LogP contribution in [0.4, 0.5) is 17.1 Å². The van der Waals surface area contributed by atoms with Gasteiger partial charge in [0.15, 0.2) is 5.58 Å². The van der Waals surface area contributed by atoms with Crippen LogP contribution in [0.5, 0.6) is 0 Å². The van der Waals surface area contributed by atoms with Crippen LogP contribution in [-0.2, 0) is 0 Å². The van der Waals surface area contributed by atoms with Gasteiger partial charge < -0.3 is 13.9 Å². The van der Waals surface area contributed by atoms with Gasteiger partial charge in [0.05, 0.1) is 16.7 Å². The largest absolute Gasteiger partial charge is 0.435 e. The summed E-state index contributed by atoms with van der Waals surface area (Å²) in [6.07, 6.45) is 0. The molecule has 0 radical (unpaired) electrons. The zero-order valence-corrected chi connectivity index (χ0v) is 31.0. The Hall–Kier alpha value is -7.69. The zero-order chi connectivity index (χ0) is 37.7. The van der Waals surface area contributed by atoms with Crippen LogP contribution < -0.4 is 4.90 Å². The molecule has 0 aliphatic heterocycles. The fourth-order valence-corrected chi connectivity index (χ4v) is 8.40. The highest BCUT2D eigenvalue weighted by Crippen LogP contribution is 2.44. The first-order chi connectivity index (χ1) is 28.3. The number of anilines is 3. The summed E-state index contributed by atoms with van der Waals surface area (Å²) in [5, 5.41) is 4.59. The van der Waals surface area contributed by atoms with E-state index in [0.29, 0.717) is 5.89 Å². The molecule has 0 atom stereocenters. The van der Waals surface area contributed by atoms with Gasteiger partial charge >= 0.3 is 0 Å². The minimum absolute atomic E-state index is 0.625. The van der Waals surface area contributed by atoms with Gasteiger partial charge in [0.1, 0.15) is 5.52 Å². The molecular formula is C53H35N3O. The van der Waals surface area contributed by atoms with E-state index in [9.17, 15) is 0 Å². The second-order valence-corrected chi connectivity index (χ2v) is 14.4. The lowest BCUT2D eigenvalue weighted by Crippen LogP contribution is -2.11. The molecule has 0 saturated carbocycles. The first-order valence-corrected chi connectivity index (χ1v) is 19.3. The first kappa shape index (κ1) is 32.7. The molecule has 4 heteroatoms. The van der Waals surface area contributed by atoms with Crippen LogP contribution in [-0.4, -0.2) is 9.55 Å². The molecule has 11 rings (SSSR count). The Labute approximate surface area is 330 Å². The summed E-state index contributed by atoms with van der Waals surface area (Å²) >= 11 is 0. The molecule has 0 saturated heterocycles. The molecule has 0 unspecified atom stereocenters. The van der Waals surface area contributed by atoms with E-state index in [4.69, 9.17) is 9.40 Å². The molecule has 11 aromatic rings. The number of fused-ring (bicyclic) bond motifs is 6. The van der Waals surface area contributed by atoms with Crippen LogP contribution in [0.3, 0.4) is 0 Å². The minimum Gasteiger partial charge on any atom is -0.435 e. The minimum atomic E-state index is 0.625. The molecule has 0 bridgehead atoms. The normalized spacial score (nSPS) is 11.5. The molecule has 0 aliphatic carbocycles. The molecule has 4 nitrogen and oxygen atoms in total. The smallest absolute Gasteiger partial charge is 0.227 e. The van der Waals surface area contributed by atoms with E-state index in [2.05, 4.69) is 191 Å². The van der Waals surface area contributed by atoms with E-state index in [1.807, 2.05) is 30.3 Å². The third kappa shape index (κ3) is 5.58. The van der Waals surface area contributed by atoms with Crippen molar-refractivity contribution in [2.24, 2.45) is 0 Å². The van der Waals surface area contributed by atoms with E-state index in [0.717, 1.165) is 72.4 Å². The van der Waals surface area contributed by atoms with Crippen molar-refractivity contribution in [1.29, 1.82) is 0 Å². The monoisotopic (exact) mass is 729 g/mol. The molecule has 0 fully saturated rings. The molecule has 0 amide bonds. The summed E-state index contributed by atoms with van der Waals surface area (Å²) in [6, 6.07) is 75.2. The molecule has 2 heterocycles. The van der Waals surface area contributed by atoms with Crippen molar-refractivity contribution in [3.63, 3.8) is 0 Å². The number of hydrogen-bond acceptors (Lipinski definition) is 3. The third-order valence-corrected chi connectivity index (χ3v) is 11.0. The number of nitrogens with zero attached hydrogens (tertiary/aromatic N) is 3. The second-order valence-electron chi connectivity index (χ2n) is 14.4. The van der Waals surface area contributed by atoms with Crippen molar-refractivity contribution < 1.29 is 4.42 Å². The summed E-state index contributed by atoms with van der Waals surface area (Å²) in [7, 11) is 0. The molecule has 9 aromatic carbocycles. The summed E-state index contributed by atoms with van der Waals surface area (Å²) < 4.78 is 8.90. The molecule has 57 heavy (non-hydrogen) atoms. The Morgan fingerprint density at radius 2 is 1.07 bits per heavy atom. The Morgan fingerprint density at radius 3 is 1.88 bits per heavy atom. The number of para-hydroxylation sites is 3. The quantitative estimate of drug-likeness (QED) is 0.164. The maximum absolute atomic E-state index is 6.54. The van der Waals surface area contributed by atoms with E-state index in [1.165, 1.54) is 21.8 Å². The number of hydrogen-bond donors (Lipinski definition) is 0. The highest BCUT2D eigenvalue weighted by Gasteiger charge is 2.21. The van der Waals surface area contributed by atoms with Crippen LogP contribution in [0.25, 0.3) is 83.1 Å². The van der Waals surface area contributed by atoms with E-state index >= 15 is 0 Å². The molecule has 268 valence electrons. The molecule has 0 spiro atoms. The van der Waals surface area contributed by atoms with Crippen LogP contribution in [0.15, 0.2) is 217 Å². The molecular weight excluding hydrogens is 695 g/mol. The predicted octanol–water partition coefficient (Wildman–Crippen LogP) is 14.5. The predicted molar refractivity (Wildman–Crippen MR) is 237 cm³/mol. The lowest BCUT2D eigenvalue weighted by molar-refractivity contribution is 0.623. The third-order valence-electron chi connectivity index (χ3n) is 11.0. The molecule has 2 aromatic heterocycles. The number of rotatable bonds is 7. The summed E-state index contributed by atoms with van der Waals surface area (Å²) in [6.45, 7) is 0. The Bertz CT molecular complexity index is 3220. The van der Waals surface area contributed by atoms with E-state index < -0.39 is 0 Å². The fraction of sp³-hybridized carbons (Fsp3) is 0. The lowest BCUT2D eigenvalue weighted by Gasteiger charge is -2.28. The molecule has 0 aliphatic rings. The first-order valence-electron chi connectivity index (χ1n) is 19.3. The standard InChI is InChI=1S/C53H35N3O/c1-4-15-36(16-5-1)43-22-10-12-25-48(43)55(42-32-34-50-46(35-42)45-23-11-13-26-49(45)56(50)40-20-8-3-9-21-40)41-30-27-37(28-31-41)44-24-14-19-38-29-33-47-52(51(38)44)57-53(54-47)39-17-6-2-7-18-39/h1-35H. The number of oxazole rings is 1. The topological polar surface area (TPSA) is 34.2 Å². The van der Waals surface area contributed by atoms with Gasteiger partial charge in [-0.1, -0.05) is 140 Å². The van der Waals surface area contributed by atoms with Crippen LogP contribution in [0, 0.1) is 0 Å². The van der Waals surface area contributed by atoms with Gasteiger partial charge in [0, 0.05) is 44.3 Å². The summed E-state index contributed by atoms with van der Waals surface area (Å²) in [5.74, 6) is 0.625. The van der Waals surface area contributed by atoms with Crippen molar-refractivity contribution >= 4 is 60.7 Å². The van der Waals surface area contributed by atoms with Gasteiger partial charge in [-0.2, -0.15) is 0 Å². The van der Waals surface area contributed by atoms with Crippen LogP contribution in [0.2, 0.25) is 0 Å². The Morgan fingerprint density at radius 1 is 0.439 bits per heavy atom. The van der Waals surface area contributed by atoms with Crippen LogP contribution >= 0.6 is 0 Å². The van der Waals surface area contributed by atoms with Crippen molar-refractivity contribution in [3.8, 4) is 39.4 Å². The number of aromatic nitrogens is 2. The highest BCUT2D eigenvalue weighted by atomic mass is 16.3. The van der Waals surface area contributed by atoms with E-state index in [-0.39, 0.29) is 0 Å². The second kappa shape index (κ2) is 13.6. The maximum atomic E-state index is 6.54. The number of benzene rings is 9. The van der Waals surface area contributed by atoms with Gasteiger partial charge in [0.2, 0.25) is 5.89 Å².